The summed E-state index contributed by atoms with van der Waals surface area (Å²) in [6, 6.07) is 60.7. The van der Waals surface area contributed by atoms with Crippen molar-refractivity contribution >= 4 is 64.1 Å². The van der Waals surface area contributed by atoms with E-state index in [1.54, 1.807) is 0 Å². The first-order valence-electron chi connectivity index (χ1n) is 16.5. The summed E-state index contributed by atoms with van der Waals surface area (Å²) in [4.78, 5) is 0. The van der Waals surface area contributed by atoms with Gasteiger partial charge in [0.15, 0.2) is 0 Å². The third-order valence-electron chi connectivity index (χ3n) is 10.3. The lowest BCUT2D eigenvalue weighted by Crippen LogP contribution is -1.93. The van der Waals surface area contributed by atoms with Gasteiger partial charge in [-0.2, -0.15) is 0 Å². The summed E-state index contributed by atoms with van der Waals surface area (Å²) >= 11 is 1.88. The number of hydrogen-bond donors (Lipinski definition) is 0. The van der Waals surface area contributed by atoms with Crippen molar-refractivity contribution in [2.75, 3.05) is 0 Å². The second-order valence-electron chi connectivity index (χ2n) is 12.9. The Bertz CT molecular complexity index is 2910. The van der Waals surface area contributed by atoms with Gasteiger partial charge in [0.2, 0.25) is 0 Å². The Morgan fingerprint density at radius 2 is 0.917 bits per heavy atom. The third-order valence-corrected chi connectivity index (χ3v) is 11.5. The second kappa shape index (κ2) is 9.78. The molecule has 1 aliphatic carbocycles. The monoisotopic (exact) mass is 625 g/mol. The lowest BCUT2D eigenvalue weighted by atomic mass is 9.93. The van der Waals surface area contributed by atoms with Crippen LogP contribution in [0.2, 0.25) is 0 Å². The number of aromatic nitrogens is 1. The number of rotatable bonds is 3. The Kier molecular flexibility index (Phi) is 5.32. The maximum absolute atomic E-state index is 2.42. The molecule has 8 aromatic carbocycles. The maximum atomic E-state index is 2.42. The van der Waals surface area contributed by atoms with Crippen molar-refractivity contribution in [3.63, 3.8) is 0 Å². The summed E-state index contributed by atoms with van der Waals surface area (Å²) in [6.07, 6.45) is 0. The molecule has 0 atom stereocenters. The Morgan fingerprint density at radius 1 is 0.333 bits per heavy atom. The summed E-state index contributed by atoms with van der Waals surface area (Å²) < 4.78 is 5.04. The van der Waals surface area contributed by atoms with Crippen LogP contribution in [-0.2, 0) is 0 Å². The van der Waals surface area contributed by atoms with E-state index < -0.39 is 0 Å². The summed E-state index contributed by atoms with van der Waals surface area (Å²) in [6.45, 7) is 0. The van der Waals surface area contributed by atoms with Crippen LogP contribution < -0.4 is 0 Å². The summed E-state index contributed by atoms with van der Waals surface area (Å²) in [5.74, 6) is 0. The van der Waals surface area contributed by atoms with Crippen molar-refractivity contribution < 1.29 is 0 Å². The van der Waals surface area contributed by atoms with E-state index >= 15 is 0 Å². The zero-order chi connectivity index (χ0) is 31.3. The first-order valence-corrected chi connectivity index (χ1v) is 17.3. The zero-order valence-electron chi connectivity index (χ0n) is 25.9. The topological polar surface area (TPSA) is 4.93 Å². The molecule has 1 aliphatic rings. The standard InChI is InChI=1S/C46H27NS/c1-2-9-31(10-3-1)47-42-16-7-6-13-35(42)36-20-17-29(27-43(36)47)28-18-23-44-40(25-28)41-26-30(19-24-45(41)48-44)32-21-22-39-34-12-5-4-11-33(34)38-15-8-14-37(32)46(38)39/h1-27H. The molecule has 0 amide bonds. The molecule has 0 fully saturated rings. The molecule has 0 bridgehead atoms. The predicted octanol–water partition coefficient (Wildman–Crippen LogP) is 13.3. The SMILES string of the molecule is c1ccc(-n2c3ccccc3c3ccc(-c4ccc5sc6ccc(-c7ccc8c9c(cccc79)-c7ccccc7-8)cc6c5c4)cc32)cc1. The van der Waals surface area contributed by atoms with E-state index in [1.165, 1.54) is 103 Å². The third kappa shape index (κ3) is 3.61. The highest BCUT2D eigenvalue weighted by Crippen LogP contribution is 2.49. The molecule has 48 heavy (non-hydrogen) atoms. The molecule has 0 radical (unpaired) electrons. The van der Waals surface area contributed by atoms with Gasteiger partial charge < -0.3 is 4.57 Å². The average molecular weight is 626 g/mol. The molecule has 0 unspecified atom stereocenters. The van der Waals surface area contributed by atoms with Crippen molar-refractivity contribution in [1.82, 2.24) is 4.57 Å². The number of para-hydroxylation sites is 2. The van der Waals surface area contributed by atoms with E-state index in [2.05, 4.69) is 168 Å². The van der Waals surface area contributed by atoms with E-state index in [9.17, 15) is 0 Å². The van der Waals surface area contributed by atoms with Gasteiger partial charge in [-0.3, -0.25) is 0 Å². The van der Waals surface area contributed by atoms with Crippen LogP contribution in [-0.4, -0.2) is 4.57 Å². The van der Waals surface area contributed by atoms with Crippen molar-refractivity contribution in [1.29, 1.82) is 0 Å². The zero-order valence-corrected chi connectivity index (χ0v) is 26.8. The quantitative estimate of drug-likeness (QED) is 0.184. The van der Waals surface area contributed by atoms with Gasteiger partial charge in [-0.05, 0) is 104 Å². The second-order valence-corrected chi connectivity index (χ2v) is 14.0. The van der Waals surface area contributed by atoms with Crippen molar-refractivity contribution in [3.8, 4) is 50.2 Å². The number of thiophene rings is 1. The molecule has 1 nitrogen and oxygen atoms in total. The van der Waals surface area contributed by atoms with Crippen LogP contribution >= 0.6 is 11.3 Å². The van der Waals surface area contributed by atoms with Crippen LogP contribution in [0, 0.1) is 0 Å². The minimum Gasteiger partial charge on any atom is -0.309 e. The van der Waals surface area contributed by atoms with Crippen LogP contribution in [0.3, 0.4) is 0 Å². The van der Waals surface area contributed by atoms with Crippen molar-refractivity contribution in [2.24, 2.45) is 0 Å². The van der Waals surface area contributed by atoms with E-state index in [4.69, 9.17) is 0 Å². The van der Waals surface area contributed by atoms with E-state index in [0.29, 0.717) is 0 Å². The van der Waals surface area contributed by atoms with Crippen molar-refractivity contribution in [2.45, 2.75) is 0 Å². The Morgan fingerprint density at radius 3 is 1.75 bits per heavy atom. The summed E-state index contributed by atoms with van der Waals surface area (Å²) in [5.41, 5.74) is 14.0. The number of nitrogens with zero attached hydrogens (tertiary/aromatic N) is 1. The van der Waals surface area contributed by atoms with E-state index in [1.807, 2.05) is 11.3 Å². The largest absolute Gasteiger partial charge is 0.309 e. The Hall–Kier alpha value is -5.96. The van der Waals surface area contributed by atoms with Gasteiger partial charge in [-0.1, -0.05) is 115 Å². The normalized spacial score (nSPS) is 12.2. The Balaban J connectivity index is 1.08. The van der Waals surface area contributed by atoms with Crippen LogP contribution in [0.5, 0.6) is 0 Å². The average Bonchev–Trinajstić information content (AvgIpc) is 3.80. The highest BCUT2D eigenvalue weighted by molar-refractivity contribution is 7.25. The summed E-state index contributed by atoms with van der Waals surface area (Å²) in [7, 11) is 0. The van der Waals surface area contributed by atoms with Gasteiger partial charge in [-0.25, -0.2) is 0 Å². The predicted molar refractivity (Wildman–Crippen MR) is 206 cm³/mol. The van der Waals surface area contributed by atoms with Gasteiger partial charge in [0.1, 0.15) is 0 Å². The lowest BCUT2D eigenvalue weighted by molar-refractivity contribution is 1.18. The fourth-order valence-corrected chi connectivity index (χ4v) is 9.26. The highest BCUT2D eigenvalue weighted by Gasteiger charge is 2.22. The van der Waals surface area contributed by atoms with E-state index in [0.717, 1.165) is 0 Å². The van der Waals surface area contributed by atoms with Gasteiger partial charge in [0.05, 0.1) is 11.0 Å². The first kappa shape index (κ1) is 26.1. The summed E-state index contributed by atoms with van der Waals surface area (Å²) in [5, 5.41) is 7.89. The molecular formula is C46H27NS. The van der Waals surface area contributed by atoms with Crippen LogP contribution in [0.15, 0.2) is 164 Å². The van der Waals surface area contributed by atoms with Crippen LogP contribution in [0.4, 0.5) is 0 Å². The van der Waals surface area contributed by atoms with Crippen LogP contribution in [0.25, 0.3) is 103 Å². The molecule has 0 aliphatic heterocycles. The molecule has 2 aromatic heterocycles. The molecule has 0 N–H and O–H groups in total. The fourth-order valence-electron chi connectivity index (χ4n) is 8.19. The smallest absolute Gasteiger partial charge is 0.0547 e. The molecule has 0 saturated heterocycles. The van der Waals surface area contributed by atoms with Gasteiger partial charge >= 0.3 is 0 Å². The molecule has 0 saturated carbocycles. The minimum atomic E-state index is 1.18. The molecule has 10 aromatic rings. The number of benzene rings is 8. The molecule has 2 heterocycles. The first-order chi connectivity index (χ1) is 23.8. The lowest BCUT2D eigenvalue weighted by Gasteiger charge is -2.10. The number of fused-ring (bicyclic) bond motifs is 9. The van der Waals surface area contributed by atoms with Gasteiger partial charge in [-0.15, -0.1) is 11.3 Å². The molecule has 0 spiro atoms. The van der Waals surface area contributed by atoms with Crippen LogP contribution in [0.1, 0.15) is 0 Å². The van der Waals surface area contributed by atoms with Gasteiger partial charge in [0, 0.05) is 36.6 Å². The van der Waals surface area contributed by atoms with Crippen molar-refractivity contribution in [3.05, 3.63) is 164 Å². The van der Waals surface area contributed by atoms with E-state index in [-0.39, 0.29) is 0 Å². The highest BCUT2D eigenvalue weighted by atomic mass is 32.1. The maximum Gasteiger partial charge on any atom is 0.0547 e. The Labute approximate surface area is 281 Å². The molecular weight excluding hydrogens is 599 g/mol. The minimum absolute atomic E-state index is 1.18. The number of hydrogen-bond acceptors (Lipinski definition) is 1. The molecule has 2 heteroatoms. The van der Waals surface area contributed by atoms with Gasteiger partial charge in [0.25, 0.3) is 0 Å². The molecule has 11 rings (SSSR count). The molecule has 222 valence electrons. The fraction of sp³-hybridized carbons (Fsp3) is 0.